The maximum absolute atomic E-state index is 11.1. The van der Waals surface area contributed by atoms with Crippen molar-refractivity contribution in [2.24, 2.45) is 5.92 Å². The first kappa shape index (κ1) is 14.3. The first-order chi connectivity index (χ1) is 7.06. The molecule has 0 saturated heterocycles. The topological polar surface area (TPSA) is 38.3 Å². The van der Waals surface area contributed by atoms with E-state index in [4.69, 9.17) is 4.74 Å². The van der Waals surface area contributed by atoms with Gasteiger partial charge < -0.3 is 10.1 Å². The van der Waals surface area contributed by atoms with Crippen molar-refractivity contribution < 1.29 is 9.53 Å². The molecule has 0 aromatic heterocycles. The minimum absolute atomic E-state index is 0.0369. The molecule has 0 rings (SSSR count). The molecule has 0 aliphatic carbocycles. The Kier molecular flexibility index (Phi) is 8.15. The zero-order valence-corrected chi connectivity index (χ0v) is 10.5. The molecule has 0 radical (unpaired) electrons. The fourth-order valence-corrected chi connectivity index (χ4v) is 1.27. The van der Waals surface area contributed by atoms with Crippen LogP contribution in [0.2, 0.25) is 0 Å². The average Bonchev–Trinajstić information content (AvgIpc) is 2.15. The number of carbonyl (C=O) groups is 1. The van der Waals surface area contributed by atoms with E-state index in [0.717, 1.165) is 18.9 Å². The molecular weight excluding hydrogens is 190 g/mol. The summed E-state index contributed by atoms with van der Waals surface area (Å²) < 4.78 is 4.95. The summed E-state index contributed by atoms with van der Waals surface area (Å²) in [5, 5.41) is 2.74. The Labute approximate surface area is 93.6 Å². The van der Waals surface area contributed by atoms with E-state index in [1.54, 1.807) is 0 Å². The number of alkyl carbamates (subject to hydrolysis) is 1. The molecule has 3 nitrogen and oxygen atoms in total. The maximum atomic E-state index is 11.1. The van der Waals surface area contributed by atoms with Gasteiger partial charge in [-0.1, -0.05) is 33.1 Å². The summed E-state index contributed by atoms with van der Waals surface area (Å²) in [6.45, 7) is 8.90. The van der Waals surface area contributed by atoms with E-state index in [9.17, 15) is 4.79 Å². The molecule has 0 spiro atoms. The molecule has 0 aliphatic rings. The third-order valence-corrected chi connectivity index (χ3v) is 2.43. The largest absolute Gasteiger partial charge is 0.447 e. The lowest BCUT2D eigenvalue weighted by molar-refractivity contribution is 0.115. The Morgan fingerprint density at radius 2 is 1.93 bits per heavy atom. The monoisotopic (exact) mass is 215 g/mol. The molecule has 3 heteroatoms. The fourth-order valence-electron chi connectivity index (χ4n) is 1.27. The molecule has 15 heavy (non-hydrogen) atoms. The highest BCUT2D eigenvalue weighted by Crippen LogP contribution is 2.10. The van der Waals surface area contributed by atoms with Gasteiger partial charge in [-0.15, -0.1) is 0 Å². The van der Waals surface area contributed by atoms with Crippen molar-refractivity contribution in [3.05, 3.63) is 0 Å². The number of ether oxygens (including phenoxy) is 1. The molecule has 0 aliphatic heterocycles. The van der Waals surface area contributed by atoms with E-state index >= 15 is 0 Å². The highest BCUT2D eigenvalue weighted by atomic mass is 16.6. The van der Waals surface area contributed by atoms with Gasteiger partial charge in [0.1, 0.15) is 0 Å². The molecule has 1 unspecified atom stereocenters. The number of hydrogen-bond donors (Lipinski definition) is 1. The second-order valence-electron chi connectivity index (χ2n) is 4.39. The lowest BCUT2D eigenvalue weighted by Gasteiger charge is -2.10. The van der Waals surface area contributed by atoms with Crippen molar-refractivity contribution in [3.63, 3.8) is 0 Å². The van der Waals surface area contributed by atoms with Crippen LogP contribution in [0, 0.1) is 5.92 Å². The molecule has 0 bridgehead atoms. The zero-order chi connectivity index (χ0) is 11.7. The Morgan fingerprint density at radius 1 is 1.27 bits per heavy atom. The molecule has 0 heterocycles. The van der Waals surface area contributed by atoms with E-state index < -0.39 is 0 Å². The van der Waals surface area contributed by atoms with Crippen LogP contribution in [0.4, 0.5) is 4.79 Å². The van der Waals surface area contributed by atoms with Gasteiger partial charge in [0.25, 0.3) is 0 Å². The Morgan fingerprint density at radius 3 is 2.47 bits per heavy atom. The predicted octanol–water partition coefficient (Wildman–Crippen LogP) is 3.34. The molecule has 90 valence electrons. The smallest absolute Gasteiger partial charge is 0.407 e. The number of carbonyl (C=O) groups excluding carboxylic acids is 1. The number of rotatable bonds is 7. The molecule has 0 saturated carbocycles. The Balaban J connectivity index is 3.27. The van der Waals surface area contributed by atoms with Gasteiger partial charge in [-0.05, 0) is 26.2 Å². The van der Waals surface area contributed by atoms with Crippen molar-refractivity contribution in [1.29, 1.82) is 0 Å². The Bertz CT molecular complexity index is 169. The number of nitrogens with one attached hydrogen (secondary N) is 1. The third kappa shape index (κ3) is 9.57. The van der Waals surface area contributed by atoms with Crippen LogP contribution in [0.25, 0.3) is 0 Å². The lowest BCUT2D eigenvalue weighted by atomic mass is 10.0. The maximum Gasteiger partial charge on any atom is 0.407 e. The minimum atomic E-state index is -0.298. The predicted molar refractivity (Wildman–Crippen MR) is 62.9 cm³/mol. The van der Waals surface area contributed by atoms with Gasteiger partial charge in [-0.2, -0.15) is 0 Å². The van der Waals surface area contributed by atoms with Crippen LogP contribution in [0.3, 0.4) is 0 Å². The van der Waals surface area contributed by atoms with Crippen LogP contribution >= 0.6 is 0 Å². The molecule has 1 atom stereocenters. The normalized spacial score (nSPS) is 12.6. The summed E-state index contributed by atoms with van der Waals surface area (Å²) in [5.74, 6) is 0.799. The van der Waals surface area contributed by atoms with Gasteiger partial charge in [0, 0.05) is 6.54 Å². The standard InChI is InChI=1S/C12H25NO2/c1-5-11(4)8-6-7-9-13-12(14)15-10(2)3/h10-11H,5-9H2,1-4H3,(H,13,14). The first-order valence-corrected chi connectivity index (χ1v) is 6.00. The highest BCUT2D eigenvalue weighted by molar-refractivity contribution is 5.67. The lowest BCUT2D eigenvalue weighted by Crippen LogP contribution is -2.27. The quantitative estimate of drug-likeness (QED) is 0.661. The average molecular weight is 215 g/mol. The van der Waals surface area contributed by atoms with E-state index in [1.165, 1.54) is 19.3 Å². The fraction of sp³-hybridized carbons (Fsp3) is 0.917. The summed E-state index contributed by atoms with van der Waals surface area (Å²) in [5.41, 5.74) is 0. The molecule has 1 N–H and O–H groups in total. The first-order valence-electron chi connectivity index (χ1n) is 6.00. The second-order valence-corrected chi connectivity index (χ2v) is 4.39. The summed E-state index contributed by atoms with van der Waals surface area (Å²) in [6, 6.07) is 0. The van der Waals surface area contributed by atoms with Crippen LogP contribution in [0.5, 0.6) is 0 Å². The van der Waals surface area contributed by atoms with Crippen LogP contribution in [0.15, 0.2) is 0 Å². The van der Waals surface area contributed by atoms with Gasteiger partial charge in [-0.25, -0.2) is 4.79 Å². The van der Waals surface area contributed by atoms with Crippen molar-refractivity contribution in [2.45, 2.75) is 59.5 Å². The minimum Gasteiger partial charge on any atom is -0.447 e. The van der Waals surface area contributed by atoms with Crippen molar-refractivity contribution in [3.8, 4) is 0 Å². The SMILES string of the molecule is CCC(C)CCCCNC(=O)OC(C)C. The van der Waals surface area contributed by atoms with Crippen LogP contribution in [-0.2, 0) is 4.74 Å². The molecule has 0 fully saturated rings. The van der Waals surface area contributed by atoms with Gasteiger partial charge in [-0.3, -0.25) is 0 Å². The summed E-state index contributed by atoms with van der Waals surface area (Å²) in [7, 11) is 0. The van der Waals surface area contributed by atoms with Crippen molar-refractivity contribution in [1.82, 2.24) is 5.32 Å². The summed E-state index contributed by atoms with van der Waals surface area (Å²) in [4.78, 5) is 11.1. The highest BCUT2D eigenvalue weighted by Gasteiger charge is 2.03. The summed E-state index contributed by atoms with van der Waals surface area (Å²) >= 11 is 0. The van der Waals surface area contributed by atoms with E-state index in [0.29, 0.717) is 0 Å². The van der Waals surface area contributed by atoms with E-state index in [-0.39, 0.29) is 12.2 Å². The van der Waals surface area contributed by atoms with Gasteiger partial charge in [0.05, 0.1) is 6.10 Å². The van der Waals surface area contributed by atoms with Crippen LogP contribution in [0.1, 0.15) is 53.4 Å². The van der Waals surface area contributed by atoms with Crippen molar-refractivity contribution >= 4 is 6.09 Å². The Hall–Kier alpha value is -0.730. The van der Waals surface area contributed by atoms with Gasteiger partial charge in [0.2, 0.25) is 0 Å². The number of hydrogen-bond acceptors (Lipinski definition) is 2. The van der Waals surface area contributed by atoms with Crippen molar-refractivity contribution in [2.75, 3.05) is 6.54 Å². The van der Waals surface area contributed by atoms with Crippen LogP contribution < -0.4 is 5.32 Å². The number of amides is 1. The van der Waals surface area contributed by atoms with E-state index in [1.807, 2.05) is 13.8 Å². The number of unbranched alkanes of at least 4 members (excludes halogenated alkanes) is 1. The van der Waals surface area contributed by atoms with Gasteiger partial charge in [0.15, 0.2) is 0 Å². The molecular formula is C12H25NO2. The van der Waals surface area contributed by atoms with E-state index in [2.05, 4.69) is 19.2 Å². The molecule has 0 aromatic carbocycles. The molecule has 0 aromatic rings. The van der Waals surface area contributed by atoms with Gasteiger partial charge >= 0.3 is 6.09 Å². The molecule has 1 amide bonds. The zero-order valence-electron chi connectivity index (χ0n) is 10.5. The second kappa shape index (κ2) is 8.57. The summed E-state index contributed by atoms with van der Waals surface area (Å²) in [6.07, 6.45) is 4.37. The van der Waals surface area contributed by atoms with Crippen LogP contribution in [-0.4, -0.2) is 18.7 Å². The third-order valence-electron chi connectivity index (χ3n) is 2.43.